The normalized spacial score (nSPS) is 22.2. The number of aliphatic imine (C=N–C) groups is 1. The van der Waals surface area contributed by atoms with Crippen LogP contribution in [-0.4, -0.2) is 61.6 Å². The number of nitrogens with zero attached hydrogens (tertiary/aromatic N) is 3. The van der Waals surface area contributed by atoms with E-state index in [1.54, 1.807) is 0 Å². The molecule has 148 valence electrons. The Morgan fingerprint density at radius 3 is 2.77 bits per heavy atom. The van der Waals surface area contributed by atoms with E-state index < -0.39 is 0 Å². The molecule has 3 rings (SSSR count). The van der Waals surface area contributed by atoms with Gasteiger partial charge in [0.2, 0.25) is 0 Å². The van der Waals surface area contributed by atoms with Gasteiger partial charge in [-0.15, -0.1) is 24.0 Å². The summed E-state index contributed by atoms with van der Waals surface area (Å²) in [4.78, 5) is 6.66. The van der Waals surface area contributed by atoms with Crippen LogP contribution in [0.25, 0.3) is 0 Å². The van der Waals surface area contributed by atoms with Gasteiger partial charge in [0, 0.05) is 32.8 Å². The molecule has 0 saturated carbocycles. The monoisotopic (exact) mass is 478 g/mol. The van der Waals surface area contributed by atoms with Gasteiger partial charge in [0.05, 0.1) is 31.1 Å². The summed E-state index contributed by atoms with van der Waals surface area (Å²) in [5, 5.41) is 7.26. The van der Waals surface area contributed by atoms with Crippen molar-refractivity contribution in [3.8, 4) is 0 Å². The first-order chi connectivity index (χ1) is 12.2. The summed E-state index contributed by atoms with van der Waals surface area (Å²) in [5.41, 5.74) is 0.895. The minimum absolute atomic E-state index is 0. The molecule has 26 heavy (non-hydrogen) atoms. The van der Waals surface area contributed by atoms with Crippen LogP contribution in [0.15, 0.2) is 15.6 Å². The minimum Gasteiger partial charge on any atom is -0.376 e. The molecule has 1 aromatic heterocycles. The van der Waals surface area contributed by atoms with Gasteiger partial charge in [-0.05, 0) is 39.0 Å². The summed E-state index contributed by atoms with van der Waals surface area (Å²) in [6.07, 6.45) is 6.26. The molecule has 1 atom stereocenters. The fourth-order valence-electron chi connectivity index (χ4n) is 3.41. The highest BCUT2D eigenvalue weighted by molar-refractivity contribution is 14.0. The van der Waals surface area contributed by atoms with Crippen LogP contribution in [0, 0.1) is 6.92 Å². The maximum atomic E-state index is 6.08. The molecule has 0 spiro atoms. The van der Waals surface area contributed by atoms with E-state index in [0.717, 1.165) is 63.0 Å². The molecule has 1 unspecified atom stereocenters. The van der Waals surface area contributed by atoms with E-state index in [0.29, 0.717) is 18.8 Å². The Balaban J connectivity index is 0.00000243. The highest BCUT2D eigenvalue weighted by Gasteiger charge is 2.23. The van der Waals surface area contributed by atoms with Crippen molar-refractivity contribution < 1.29 is 14.0 Å². The van der Waals surface area contributed by atoms with Crippen molar-refractivity contribution in [1.82, 2.24) is 15.4 Å². The average molecular weight is 478 g/mol. The molecule has 3 heterocycles. The molecule has 1 N–H and O–H groups in total. The van der Waals surface area contributed by atoms with Gasteiger partial charge >= 0.3 is 0 Å². The number of likely N-dealkylation sites (tertiary alicyclic amines) is 1. The highest BCUT2D eigenvalue weighted by atomic mass is 127. The number of guanidine groups is 1. The Hall–Kier alpha value is -0.870. The minimum atomic E-state index is 0. The topological polar surface area (TPSA) is 72.1 Å². The van der Waals surface area contributed by atoms with Crippen LogP contribution in [0.2, 0.25) is 0 Å². The number of ether oxygens (including phenoxy) is 2. The summed E-state index contributed by atoms with van der Waals surface area (Å²) in [6.45, 7) is 6.05. The lowest BCUT2D eigenvalue weighted by molar-refractivity contribution is -0.0721. The maximum absolute atomic E-state index is 6.08. The number of hydrogen-bond acceptors (Lipinski definition) is 5. The summed E-state index contributed by atoms with van der Waals surface area (Å²) < 4.78 is 17.1. The van der Waals surface area contributed by atoms with Crippen LogP contribution in [0.5, 0.6) is 0 Å². The lowest BCUT2D eigenvalue weighted by Crippen LogP contribution is -2.47. The number of halogens is 1. The van der Waals surface area contributed by atoms with Gasteiger partial charge in [-0.3, -0.25) is 4.99 Å². The molecule has 0 bridgehead atoms. The predicted molar refractivity (Wildman–Crippen MR) is 111 cm³/mol. The van der Waals surface area contributed by atoms with Crippen molar-refractivity contribution in [2.45, 2.75) is 57.8 Å². The molecule has 0 radical (unpaired) electrons. The van der Waals surface area contributed by atoms with E-state index in [2.05, 4.69) is 20.4 Å². The van der Waals surface area contributed by atoms with Crippen LogP contribution in [-0.2, 0) is 16.0 Å². The molecule has 0 aromatic carbocycles. The molecule has 2 saturated heterocycles. The van der Waals surface area contributed by atoms with Crippen molar-refractivity contribution in [3.63, 3.8) is 0 Å². The van der Waals surface area contributed by atoms with E-state index in [9.17, 15) is 0 Å². The SMILES string of the molecule is CN=C(NCc1cc(C)no1)N1CCC(OCC2CCCCO2)CC1.I. The first-order valence-corrected chi connectivity index (χ1v) is 9.35. The van der Waals surface area contributed by atoms with Gasteiger partial charge < -0.3 is 24.2 Å². The van der Waals surface area contributed by atoms with Crippen molar-refractivity contribution >= 4 is 29.9 Å². The van der Waals surface area contributed by atoms with E-state index >= 15 is 0 Å². The van der Waals surface area contributed by atoms with Gasteiger partial charge in [-0.1, -0.05) is 5.16 Å². The molecule has 2 aliphatic rings. The summed E-state index contributed by atoms with van der Waals surface area (Å²) in [5.74, 6) is 1.73. The highest BCUT2D eigenvalue weighted by Crippen LogP contribution is 2.18. The van der Waals surface area contributed by atoms with Gasteiger partial charge in [0.15, 0.2) is 11.7 Å². The van der Waals surface area contributed by atoms with Gasteiger partial charge in [-0.2, -0.15) is 0 Å². The smallest absolute Gasteiger partial charge is 0.194 e. The summed E-state index contributed by atoms with van der Waals surface area (Å²) >= 11 is 0. The Bertz CT molecular complexity index is 552. The number of aryl methyl sites for hydroxylation is 1. The second-order valence-corrected chi connectivity index (χ2v) is 6.84. The number of nitrogens with one attached hydrogen (secondary N) is 1. The van der Waals surface area contributed by atoms with E-state index in [1.807, 2.05) is 20.0 Å². The number of rotatable bonds is 5. The largest absolute Gasteiger partial charge is 0.376 e. The third kappa shape index (κ3) is 6.38. The van der Waals surface area contributed by atoms with Gasteiger partial charge in [0.1, 0.15) is 0 Å². The van der Waals surface area contributed by atoms with Crippen molar-refractivity contribution in [2.75, 3.05) is 33.4 Å². The van der Waals surface area contributed by atoms with Crippen LogP contribution in [0.4, 0.5) is 0 Å². The lowest BCUT2D eigenvalue weighted by Gasteiger charge is -2.34. The van der Waals surface area contributed by atoms with Crippen LogP contribution in [0.3, 0.4) is 0 Å². The Kier molecular flexibility index (Phi) is 9.13. The zero-order chi connectivity index (χ0) is 17.5. The fraction of sp³-hybridized carbons (Fsp3) is 0.778. The van der Waals surface area contributed by atoms with Gasteiger partial charge in [-0.25, -0.2) is 0 Å². The van der Waals surface area contributed by atoms with Crippen molar-refractivity contribution in [3.05, 3.63) is 17.5 Å². The molecule has 2 aliphatic heterocycles. The maximum Gasteiger partial charge on any atom is 0.194 e. The quantitative estimate of drug-likeness (QED) is 0.399. The number of piperidine rings is 1. The van der Waals surface area contributed by atoms with Gasteiger partial charge in [0.25, 0.3) is 0 Å². The second kappa shape index (κ2) is 11.1. The zero-order valence-electron chi connectivity index (χ0n) is 15.8. The van der Waals surface area contributed by atoms with E-state index in [4.69, 9.17) is 14.0 Å². The van der Waals surface area contributed by atoms with Crippen LogP contribution in [0.1, 0.15) is 43.6 Å². The Labute approximate surface area is 172 Å². The standard InChI is InChI=1S/C18H30N4O3.HI/c1-14-11-17(25-21-14)12-20-18(19-2)22-8-6-15(7-9-22)24-13-16-5-3-4-10-23-16;/h11,15-16H,3-10,12-13H2,1-2H3,(H,19,20);1H. The molecule has 1 aromatic rings. The molecule has 2 fully saturated rings. The van der Waals surface area contributed by atoms with Crippen LogP contribution < -0.4 is 5.32 Å². The van der Waals surface area contributed by atoms with Crippen molar-refractivity contribution in [1.29, 1.82) is 0 Å². The van der Waals surface area contributed by atoms with E-state index in [1.165, 1.54) is 12.8 Å². The lowest BCUT2D eigenvalue weighted by atomic mass is 10.1. The van der Waals surface area contributed by atoms with Crippen molar-refractivity contribution in [2.24, 2.45) is 4.99 Å². The number of hydrogen-bond donors (Lipinski definition) is 1. The Morgan fingerprint density at radius 1 is 1.35 bits per heavy atom. The van der Waals surface area contributed by atoms with Crippen LogP contribution >= 0.6 is 24.0 Å². The Morgan fingerprint density at radius 2 is 2.15 bits per heavy atom. The molecule has 0 amide bonds. The predicted octanol–water partition coefficient (Wildman–Crippen LogP) is 2.73. The summed E-state index contributed by atoms with van der Waals surface area (Å²) in [7, 11) is 1.82. The second-order valence-electron chi connectivity index (χ2n) is 6.84. The molecule has 7 nitrogen and oxygen atoms in total. The zero-order valence-corrected chi connectivity index (χ0v) is 18.1. The average Bonchev–Trinajstić information content (AvgIpc) is 3.07. The summed E-state index contributed by atoms with van der Waals surface area (Å²) in [6, 6.07) is 1.94. The first kappa shape index (κ1) is 21.4. The molecule has 0 aliphatic carbocycles. The fourth-order valence-corrected chi connectivity index (χ4v) is 3.41. The third-order valence-corrected chi connectivity index (χ3v) is 4.84. The number of aromatic nitrogens is 1. The molecular weight excluding hydrogens is 447 g/mol. The molecule has 8 heteroatoms. The first-order valence-electron chi connectivity index (χ1n) is 9.35. The molecular formula is C18H31IN4O3. The van der Waals surface area contributed by atoms with E-state index in [-0.39, 0.29) is 24.0 Å². The third-order valence-electron chi connectivity index (χ3n) is 4.84.